The highest BCUT2D eigenvalue weighted by Crippen LogP contribution is 2.21. The van der Waals surface area contributed by atoms with Gasteiger partial charge in [0.25, 0.3) is 0 Å². The number of hydrogen-bond donors (Lipinski definition) is 2. The number of alkyl carbamates (subject to hydrolysis) is 1. The summed E-state index contributed by atoms with van der Waals surface area (Å²) in [5, 5.41) is 13.3. The quantitative estimate of drug-likeness (QED) is 0.735. The molecule has 2 atom stereocenters. The van der Waals surface area contributed by atoms with Gasteiger partial charge in [-0.15, -0.1) is 11.8 Å². The van der Waals surface area contributed by atoms with E-state index in [-0.39, 0.29) is 6.04 Å². The zero-order valence-electron chi connectivity index (χ0n) is 14.7. The molecule has 1 aromatic carbocycles. The number of carbonyl (C=O) groups is 1. The van der Waals surface area contributed by atoms with E-state index in [1.54, 1.807) is 11.8 Å². The van der Waals surface area contributed by atoms with Gasteiger partial charge in [0.1, 0.15) is 5.60 Å². The van der Waals surface area contributed by atoms with Crippen molar-refractivity contribution in [2.75, 3.05) is 5.75 Å². The first-order chi connectivity index (χ1) is 10.7. The molecule has 0 aliphatic heterocycles. The second kappa shape index (κ2) is 9.18. The van der Waals surface area contributed by atoms with E-state index in [0.717, 1.165) is 4.90 Å². The van der Waals surface area contributed by atoms with Crippen LogP contribution >= 0.6 is 11.8 Å². The van der Waals surface area contributed by atoms with Gasteiger partial charge in [-0.3, -0.25) is 0 Å². The third kappa shape index (κ3) is 8.86. The molecular formula is C18H29NO3S. The van der Waals surface area contributed by atoms with Gasteiger partial charge in [-0.25, -0.2) is 4.79 Å². The third-order valence-electron chi connectivity index (χ3n) is 3.06. The fraction of sp³-hybridized carbons (Fsp3) is 0.611. The minimum atomic E-state index is -0.630. The molecule has 1 amide bonds. The summed E-state index contributed by atoms with van der Waals surface area (Å²) in [6, 6.07) is 9.61. The lowest BCUT2D eigenvalue weighted by molar-refractivity contribution is 0.0426. The molecule has 1 rings (SSSR count). The number of hydrogen-bond acceptors (Lipinski definition) is 4. The first-order valence-corrected chi connectivity index (χ1v) is 9.01. The Bertz CT molecular complexity index is 471. The van der Waals surface area contributed by atoms with E-state index in [0.29, 0.717) is 18.1 Å². The van der Waals surface area contributed by atoms with Crippen LogP contribution in [0.25, 0.3) is 0 Å². The van der Waals surface area contributed by atoms with Gasteiger partial charge in [-0.05, 0) is 45.2 Å². The van der Waals surface area contributed by atoms with Crippen LogP contribution < -0.4 is 5.32 Å². The lowest BCUT2D eigenvalue weighted by Gasteiger charge is -2.27. The van der Waals surface area contributed by atoms with Crippen molar-refractivity contribution in [2.24, 2.45) is 5.92 Å². The summed E-state index contributed by atoms with van der Waals surface area (Å²) < 4.78 is 5.29. The fourth-order valence-electron chi connectivity index (χ4n) is 2.09. The highest BCUT2D eigenvalue weighted by atomic mass is 32.2. The molecule has 0 aliphatic rings. The first-order valence-electron chi connectivity index (χ1n) is 8.03. The molecule has 0 unspecified atom stereocenters. The molecule has 1 aromatic rings. The summed E-state index contributed by atoms with van der Waals surface area (Å²) in [5.41, 5.74) is -0.545. The van der Waals surface area contributed by atoms with Crippen LogP contribution in [0, 0.1) is 5.92 Å². The Hall–Kier alpha value is -1.20. The Balaban J connectivity index is 2.59. The second-order valence-corrected chi connectivity index (χ2v) is 8.17. The highest BCUT2D eigenvalue weighted by molar-refractivity contribution is 7.99. The maximum atomic E-state index is 12.0. The van der Waals surface area contributed by atoms with E-state index < -0.39 is 17.8 Å². The average Bonchev–Trinajstić information content (AvgIpc) is 2.42. The van der Waals surface area contributed by atoms with E-state index >= 15 is 0 Å². The maximum Gasteiger partial charge on any atom is 0.407 e. The minimum absolute atomic E-state index is 0.318. The van der Waals surface area contributed by atoms with E-state index in [1.807, 2.05) is 51.1 Å². The molecule has 2 N–H and O–H groups in total. The Morgan fingerprint density at radius 3 is 2.39 bits per heavy atom. The molecule has 0 aromatic heterocycles. The molecule has 130 valence electrons. The van der Waals surface area contributed by atoms with E-state index in [2.05, 4.69) is 19.2 Å². The average molecular weight is 340 g/mol. The number of rotatable bonds is 7. The zero-order valence-corrected chi connectivity index (χ0v) is 15.5. The molecule has 0 aliphatic carbocycles. The number of thioether (sulfide) groups is 1. The Labute approximate surface area is 144 Å². The van der Waals surface area contributed by atoms with Crippen molar-refractivity contribution in [1.29, 1.82) is 0 Å². The predicted octanol–water partition coefficient (Wildman–Crippen LogP) is 4.08. The monoisotopic (exact) mass is 339 g/mol. The largest absolute Gasteiger partial charge is 0.444 e. The van der Waals surface area contributed by atoms with Gasteiger partial charge in [0.15, 0.2) is 0 Å². The van der Waals surface area contributed by atoms with Crippen molar-refractivity contribution in [1.82, 2.24) is 5.32 Å². The van der Waals surface area contributed by atoms with Crippen molar-refractivity contribution in [2.45, 2.75) is 63.7 Å². The predicted molar refractivity (Wildman–Crippen MR) is 95.8 cm³/mol. The molecule has 0 saturated heterocycles. The number of aliphatic hydroxyl groups excluding tert-OH is 1. The third-order valence-corrected chi connectivity index (χ3v) is 4.17. The summed E-state index contributed by atoms with van der Waals surface area (Å²) in [5.74, 6) is 0.892. The van der Waals surface area contributed by atoms with Gasteiger partial charge in [-0.2, -0.15) is 0 Å². The second-order valence-electron chi connectivity index (χ2n) is 7.07. The van der Waals surface area contributed by atoms with Crippen molar-refractivity contribution < 1.29 is 14.6 Å². The van der Waals surface area contributed by atoms with Crippen LogP contribution in [0.3, 0.4) is 0 Å². The SMILES string of the molecule is CC(C)C[C@H](NC(=O)OC(C)(C)C)[C@H](O)CSc1ccccc1. The van der Waals surface area contributed by atoms with Gasteiger partial charge in [0.05, 0.1) is 12.1 Å². The van der Waals surface area contributed by atoms with E-state index in [9.17, 15) is 9.90 Å². The van der Waals surface area contributed by atoms with Crippen molar-refractivity contribution in [3.8, 4) is 0 Å². The molecule has 4 nitrogen and oxygen atoms in total. The zero-order chi connectivity index (χ0) is 17.5. The van der Waals surface area contributed by atoms with E-state index in [1.165, 1.54) is 0 Å². The Kier molecular flexibility index (Phi) is 7.92. The number of amides is 1. The van der Waals surface area contributed by atoms with Crippen LogP contribution in [0.15, 0.2) is 35.2 Å². The number of benzene rings is 1. The number of ether oxygens (including phenoxy) is 1. The molecule has 0 heterocycles. The summed E-state index contributed by atoms with van der Waals surface area (Å²) in [6.45, 7) is 9.62. The lowest BCUT2D eigenvalue weighted by Crippen LogP contribution is -2.47. The van der Waals surface area contributed by atoms with Gasteiger partial charge in [-0.1, -0.05) is 32.0 Å². The van der Waals surface area contributed by atoms with Crippen LogP contribution in [0.2, 0.25) is 0 Å². The molecule has 0 spiro atoms. The van der Waals surface area contributed by atoms with E-state index in [4.69, 9.17) is 4.74 Å². The summed E-state index contributed by atoms with van der Waals surface area (Å²) >= 11 is 1.58. The number of nitrogens with one attached hydrogen (secondary N) is 1. The Morgan fingerprint density at radius 1 is 1.26 bits per heavy atom. The van der Waals surface area contributed by atoms with Crippen molar-refractivity contribution in [3.63, 3.8) is 0 Å². The van der Waals surface area contributed by atoms with Gasteiger partial charge >= 0.3 is 6.09 Å². The minimum Gasteiger partial charge on any atom is -0.444 e. The van der Waals surface area contributed by atoms with Crippen LogP contribution in [0.1, 0.15) is 41.0 Å². The molecule has 5 heteroatoms. The maximum absolute atomic E-state index is 12.0. The summed E-state index contributed by atoms with van der Waals surface area (Å²) in [6.07, 6.45) is -0.405. The standard InChI is InChI=1S/C18H29NO3S/c1-13(2)11-15(19-17(21)22-18(3,4)5)16(20)12-23-14-9-7-6-8-10-14/h6-10,13,15-16,20H,11-12H2,1-5H3,(H,19,21)/t15-,16+/m0/s1. The van der Waals surface area contributed by atoms with Gasteiger partial charge in [0.2, 0.25) is 0 Å². The highest BCUT2D eigenvalue weighted by Gasteiger charge is 2.25. The lowest BCUT2D eigenvalue weighted by atomic mass is 10.0. The molecule has 0 saturated carbocycles. The number of aliphatic hydroxyl groups is 1. The fourth-order valence-corrected chi connectivity index (χ4v) is 3.04. The number of carbonyl (C=O) groups excluding carboxylic acids is 1. The molecule has 23 heavy (non-hydrogen) atoms. The van der Waals surface area contributed by atoms with Gasteiger partial charge in [0, 0.05) is 10.6 Å². The topological polar surface area (TPSA) is 58.6 Å². The van der Waals surface area contributed by atoms with Crippen LogP contribution in [0.5, 0.6) is 0 Å². The normalized spacial score (nSPS) is 14.4. The molecule has 0 bridgehead atoms. The van der Waals surface area contributed by atoms with Crippen molar-refractivity contribution >= 4 is 17.9 Å². The summed E-state index contributed by atoms with van der Waals surface area (Å²) in [4.78, 5) is 13.1. The van der Waals surface area contributed by atoms with Crippen LogP contribution in [-0.4, -0.2) is 34.7 Å². The van der Waals surface area contributed by atoms with Gasteiger partial charge < -0.3 is 15.2 Å². The molecule has 0 radical (unpaired) electrons. The van der Waals surface area contributed by atoms with Crippen LogP contribution in [0.4, 0.5) is 4.79 Å². The molecular weight excluding hydrogens is 310 g/mol. The Morgan fingerprint density at radius 2 is 1.87 bits per heavy atom. The smallest absolute Gasteiger partial charge is 0.407 e. The molecule has 0 fully saturated rings. The van der Waals surface area contributed by atoms with Crippen molar-refractivity contribution in [3.05, 3.63) is 30.3 Å². The first kappa shape index (κ1) is 19.8. The van der Waals surface area contributed by atoms with Crippen LogP contribution in [-0.2, 0) is 4.74 Å². The summed E-state index contributed by atoms with van der Waals surface area (Å²) in [7, 11) is 0.